The highest BCUT2D eigenvalue weighted by molar-refractivity contribution is 5.86. The van der Waals surface area contributed by atoms with Gasteiger partial charge in [0.05, 0.1) is 17.1 Å². The molecule has 4 aromatic rings. The molecule has 24 heavy (non-hydrogen) atoms. The van der Waals surface area contributed by atoms with Crippen molar-refractivity contribution in [2.45, 2.75) is 6.61 Å². The lowest BCUT2D eigenvalue weighted by Crippen LogP contribution is -1.98. The Bertz CT molecular complexity index is 991. The van der Waals surface area contributed by atoms with E-state index in [0.29, 0.717) is 18.0 Å². The highest BCUT2D eigenvalue weighted by Gasteiger charge is 2.06. The molecule has 0 aliphatic rings. The number of benzene rings is 3. The molecule has 0 unspecified atom stereocenters. The number of aromatic amines is 1. The second-order valence-corrected chi connectivity index (χ2v) is 5.67. The molecule has 0 aliphatic carbocycles. The van der Waals surface area contributed by atoms with E-state index in [-0.39, 0.29) is 0 Å². The van der Waals surface area contributed by atoms with Crippen molar-refractivity contribution in [1.29, 1.82) is 0 Å². The fourth-order valence-corrected chi connectivity index (χ4v) is 2.70. The van der Waals surface area contributed by atoms with E-state index in [1.807, 2.05) is 42.5 Å². The summed E-state index contributed by atoms with van der Waals surface area (Å²) >= 11 is 0. The number of hydrogen-bond acceptors (Lipinski definition) is 3. The summed E-state index contributed by atoms with van der Waals surface area (Å²) in [7, 11) is 0. The fourth-order valence-electron chi connectivity index (χ4n) is 2.70. The zero-order chi connectivity index (χ0) is 16.4. The molecule has 0 spiro atoms. The van der Waals surface area contributed by atoms with Crippen LogP contribution in [0.5, 0.6) is 5.75 Å². The maximum Gasteiger partial charge on any atom is 0.142 e. The summed E-state index contributed by atoms with van der Waals surface area (Å²) in [4.78, 5) is 0. The molecule has 0 atom stereocenters. The van der Waals surface area contributed by atoms with Crippen molar-refractivity contribution in [2.75, 3.05) is 5.73 Å². The van der Waals surface area contributed by atoms with E-state index in [1.54, 1.807) is 0 Å². The Hall–Kier alpha value is -3.27. The van der Waals surface area contributed by atoms with Crippen LogP contribution in [0.3, 0.4) is 0 Å². The third kappa shape index (κ3) is 2.82. The lowest BCUT2D eigenvalue weighted by molar-refractivity contribution is 0.303. The summed E-state index contributed by atoms with van der Waals surface area (Å²) in [5, 5.41) is 9.84. The molecule has 0 aliphatic heterocycles. The molecule has 3 N–H and O–H groups in total. The Morgan fingerprint density at radius 2 is 1.67 bits per heavy atom. The van der Waals surface area contributed by atoms with Crippen LogP contribution in [0.1, 0.15) is 5.69 Å². The molecule has 0 saturated carbocycles. The van der Waals surface area contributed by atoms with Crippen LogP contribution < -0.4 is 10.5 Å². The summed E-state index contributed by atoms with van der Waals surface area (Å²) in [5.41, 5.74) is 9.40. The van der Waals surface area contributed by atoms with Gasteiger partial charge in [-0.05, 0) is 35.0 Å². The van der Waals surface area contributed by atoms with Gasteiger partial charge in [0.2, 0.25) is 0 Å². The predicted octanol–water partition coefficient (Wildman–Crippen LogP) is 4.39. The topological polar surface area (TPSA) is 63.9 Å². The second-order valence-electron chi connectivity index (χ2n) is 5.67. The van der Waals surface area contributed by atoms with E-state index in [1.165, 1.54) is 10.8 Å². The monoisotopic (exact) mass is 315 g/mol. The van der Waals surface area contributed by atoms with Crippen LogP contribution in [0.2, 0.25) is 0 Å². The molecule has 4 heteroatoms. The average Bonchev–Trinajstić information content (AvgIpc) is 3.10. The first-order valence-corrected chi connectivity index (χ1v) is 7.80. The fraction of sp³-hybridized carbons (Fsp3) is 0.0500. The van der Waals surface area contributed by atoms with Gasteiger partial charge in [0.25, 0.3) is 0 Å². The first-order chi connectivity index (χ1) is 11.8. The SMILES string of the molecule is Nc1ccccc1OCc1cc(-c2ccc3ccccc3c2)n[nH]1. The molecule has 4 nitrogen and oxygen atoms in total. The Labute approximate surface area is 139 Å². The predicted molar refractivity (Wildman–Crippen MR) is 96.7 cm³/mol. The van der Waals surface area contributed by atoms with Crippen LogP contribution in [0.25, 0.3) is 22.0 Å². The molecule has 0 bridgehead atoms. The number of nitrogen functional groups attached to an aromatic ring is 1. The normalized spacial score (nSPS) is 10.8. The standard InChI is InChI=1S/C20H17N3O/c21-18-7-3-4-8-20(18)24-13-17-12-19(23-22-17)16-10-9-14-5-1-2-6-15(14)11-16/h1-12H,13,21H2,(H,22,23). The molecule has 1 heterocycles. The van der Waals surface area contributed by atoms with Gasteiger partial charge in [0.15, 0.2) is 0 Å². The minimum atomic E-state index is 0.398. The molecule has 0 fully saturated rings. The van der Waals surface area contributed by atoms with Crippen molar-refractivity contribution < 1.29 is 4.74 Å². The number of nitrogens with zero attached hydrogens (tertiary/aromatic N) is 1. The van der Waals surface area contributed by atoms with Crippen LogP contribution in [-0.4, -0.2) is 10.2 Å². The van der Waals surface area contributed by atoms with Gasteiger partial charge < -0.3 is 10.5 Å². The van der Waals surface area contributed by atoms with Crippen molar-refractivity contribution >= 4 is 16.5 Å². The number of H-pyrrole nitrogens is 1. The molecule has 0 saturated heterocycles. The number of para-hydroxylation sites is 2. The minimum Gasteiger partial charge on any atom is -0.485 e. The van der Waals surface area contributed by atoms with E-state index >= 15 is 0 Å². The summed E-state index contributed by atoms with van der Waals surface area (Å²) < 4.78 is 5.75. The third-order valence-corrected chi connectivity index (χ3v) is 3.98. The van der Waals surface area contributed by atoms with Gasteiger partial charge in [-0.3, -0.25) is 5.10 Å². The highest BCUT2D eigenvalue weighted by Crippen LogP contribution is 2.25. The van der Waals surface area contributed by atoms with Crippen molar-refractivity contribution in [3.63, 3.8) is 0 Å². The van der Waals surface area contributed by atoms with Gasteiger partial charge in [0, 0.05) is 5.56 Å². The minimum absolute atomic E-state index is 0.398. The first-order valence-electron chi connectivity index (χ1n) is 7.80. The summed E-state index contributed by atoms with van der Waals surface area (Å²) in [6.07, 6.45) is 0. The number of fused-ring (bicyclic) bond motifs is 1. The van der Waals surface area contributed by atoms with E-state index in [9.17, 15) is 0 Å². The number of nitrogens with one attached hydrogen (secondary N) is 1. The van der Waals surface area contributed by atoms with E-state index in [0.717, 1.165) is 17.0 Å². The molecule has 1 aromatic heterocycles. The number of nitrogens with two attached hydrogens (primary N) is 1. The number of ether oxygens (including phenoxy) is 1. The largest absolute Gasteiger partial charge is 0.485 e. The Morgan fingerprint density at radius 3 is 2.54 bits per heavy atom. The summed E-state index contributed by atoms with van der Waals surface area (Å²) in [6.45, 7) is 0.398. The lowest BCUT2D eigenvalue weighted by Gasteiger charge is -2.06. The number of hydrogen-bond donors (Lipinski definition) is 2. The zero-order valence-corrected chi connectivity index (χ0v) is 13.1. The van der Waals surface area contributed by atoms with Crippen LogP contribution in [0.4, 0.5) is 5.69 Å². The first kappa shape index (κ1) is 14.3. The number of rotatable bonds is 4. The van der Waals surface area contributed by atoms with E-state index in [2.05, 4.69) is 40.5 Å². The zero-order valence-electron chi connectivity index (χ0n) is 13.1. The molecule has 0 radical (unpaired) electrons. The van der Waals surface area contributed by atoms with Gasteiger partial charge in [0.1, 0.15) is 12.4 Å². The van der Waals surface area contributed by atoms with E-state index < -0.39 is 0 Å². The Balaban J connectivity index is 1.54. The maximum absolute atomic E-state index is 5.88. The molecule has 0 amide bonds. The van der Waals surface area contributed by atoms with Crippen LogP contribution >= 0.6 is 0 Å². The highest BCUT2D eigenvalue weighted by atomic mass is 16.5. The molecule has 3 aromatic carbocycles. The third-order valence-electron chi connectivity index (χ3n) is 3.98. The Kier molecular flexibility index (Phi) is 3.63. The van der Waals surface area contributed by atoms with Crippen molar-refractivity contribution in [1.82, 2.24) is 10.2 Å². The van der Waals surface area contributed by atoms with Crippen LogP contribution in [-0.2, 0) is 6.61 Å². The van der Waals surface area contributed by atoms with Crippen molar-refractivity contribution in [3.05, 3.63) is 78.5 Å². The van der Waals surface area contributed by atoms with Crippen LogP contribution in [0, 0.1) is 0 Å². The smallest absolute Gasteiger partial charge is 0.142 e. The van der Waals surface area contributed by atoms with Gasteiger partial charge >= 0.3 is 0 Å². The quantitative estimate of drug-likeness (QED) is 0.549. The molecule has 4 rings (SSSR count). The van der Waals surface area contributed by atoms with Gasteiger partial charge in [-0.2, -0.15) is 5.10 Å². The molecular weight excluding hydrogens is 298 g/mol. The second kappa shape index (κ2) is 6.08. The summed E-state index contributed by atoms with van der Waals surface area (Å²) in [5.74, 6) is 0.680. The van der Waals surface area contributed by atoms with Gasteiger partial charge in [-0.25, -0.2) is 0 Å². The van der Waals surface area contributed by atoms with E-state index in [4.69, 9.17) is 10.5 Å². The van der Waals surface area contributed by atoms with Crippen molar-refractivity contribution in [3.8, 4) is 17.0 Å². The lowest BCUT2D eigenvalue weighted by atomic mass is 10.1. The van der Waals surface area contributed by atoms with Crippen molar-refractivity contribution in [2.24, 2.45) is 0 Å². The molecule has 118 valence electrons. The average molecular weight is 315 g/mol. The Morgan fingerprint density at radius 1 is 0.875 bits per heavy atom. The number of aromatic nitrogens is 2. The van der Waals surface area contributed by atoms with Crippen LogP contribution in [0.15, 0.2) is 72.8 Å². The van der Waals surface area contributed by atoms with Gasteiger partial charge in [-0.15, -0.1) is 0 Å². The maximum atomic E-state index is 5.88. The summed E-state index contributed by atoms with van der Waals surface area (Å²) in [6, 6.07) is 24.1. The number of anilines is 1. The van der Waals surface area contributed by atoms with Gasteiger partial charge in [-0.1, -0.05) is 48.5 Å². The molecular formula is C20H17N3O.